The highest BCUT2D eigenvalue weighted by atomic mass is 16.5. The van der Waals surface area contributed by atoms with Crippen molar-refractivity contribution in [2.24, 2.45) is 19.2 Å². The van der Waals surface area contributed by atoms with Gasteiger partial charge in [-0.3, -0.25) is 18.7 Å². The Morgan fingerprint density at radius 1 is 1.20 bits per heavy atom. The van der Waals surface area contributed by atoms with Crippen molar-refractivity contribution in [3.63, 3.8) is 0 Å². The monoisotopic (exact) mass is 412 g/mol. The highest BCUT2D eigenvalue weighted by molar-refractivity contribution is 5.84. The zero-order valence-corrected chi connectivity index (χ0v) is 16.9. The molecule has 0 unspecified atom stereocenters. The molecule has 11 nitrogen and oxygen atoms in total. The SMILES string of the molecule is COc1ccccc1[C@H]1OC(Cn2cnc3c(=O)n(C)c(=O)n(C)c32)=NN1C(C)=O. The van der Waals surface area contributed by atoms with Gasteiger partial charge in [0.25, 0.3) is 5.56 Å². The van der Waals surface area contributed by atoms with E-state index < -0.39 is 17.5 Å². The van der Waals surface area contributed by atoms with E-state index in [-0.39, 0.29) is 23.9 Å². The van der Waals surface area contributed by atoms with Crippen LogP contribution in [0.15, 0.2) is 45.3 Å². The molecule has 0 saturated carbocycles. The van der Waals surface area contributed by atoms with Crippen LogP contribution in [0, 0.1) is 0 Å². The average molecular weight is 412 g/mol. The van der Waals surface area contributed by atoms with Crippen LogP contribution in [-0.4, -0.2) is 42.6 Å². The lowest BCUT2D eigenvalue weighted by molar-refractivity contribution is -0.135. The molecule has 156 valence electrons. The number of nitrogens with zero attached hydrogens (tertiary/aromatic N) is 6. The molecule has 0 saturated heterocycles. The van der Waals surface area contributed by atoms with Crippen LogP contribution in [0.2, 0.25) is 0 Å². The molecule has 1 aliphatic heterocycles. The van der Waals surface area contributed by atoms with Gasteiger partial charge in [0.05, 0.1) is 19.0 Å². The largest absolute Gasteiger partial charge is 0.496 e. The molecule has 2 aromatic heterocycles. The summed E-state index contributed by atoms with van der Waals surface area (Å²) in [6.45, 7) is 1.46. The van der Waals surface area contributed by atoms with E-state index in [0.29, 0.717) is 17.0 Å². The summed E-state index contributed by atoms with van der Waals surface area (Å²) in [5.41, 5.74) is 0.178. The maximum Gasteiger partial charge on any atom is 0.332 e. The van der Waals surface area contributed by atoms with Gasteiger partial charge in [-0.15, -0.1) is 5.10 Å². The predicted octanol–water partition coefficient (Wildman–Crippen LogP) is 0.333. The lowest BCUT2D eigenvalue weighted by Gasteiger charge is -2.21. The summed E-state index contributed by atoms with van der Waals surface area (Å²) in [6.07, 6.45) is 0.645. The molecular weight excluding hydrogens is 392 g/mol. The van der Waals surface area contributed by atoms with Crippen molar-refractivity contribution in [3.8, 4) is 5.75 Å². The average Bonchev–Trinajstić information content (AvgIpc) is 3.35. The first kappa shape index (κ1) is 19.4. The molecule has 0 bridgehead atoms. The number of para-hydroxylation sites is 1. The number of amides is 1. The maximum absolute atomic E-state index is 12.3. The first-order valence-corrected chi connectivity index (χ1v) is 9.11. The van der Waals surface area contributed by atoms with Crippen LogP contribution in [0.1, 0.15) is 18.7 Å². The summed E-state index contributed by atoms with van der Waals surface area (Å²) in [5.74, 6) is 0.482. The fraction of sp³-hybridized carbons (Fsp3) is 0.316. The van der Waals surface area contributed by atoms with Gasteiger partial charge in [-0.05, 0) is 12.1 Å². The molecule has 1 amide bonds. The third-order valence-corrected chi connectivity index (χ3v) is 4.93. The number of aryl methyl sites for hydroxylation is 1. The van der Waals surface area contributed by atoms with Crippen molar-refractivity contribution < 1.29 is 14.3 Å². The third-order valence-electron chi connectivity index (χ3n) is 4.93. The molecule has 3 heterocycles. The van der Waals surface area contributed by atoms with Crippen molar-refractivity contribution in [2.45, 2.75) is 19.7 Å². The van der Waals surface area contributed by atoms with Gasteiger partial charge in [0.15, 0.2) is 5.52 Å². The van der Waals surface area contributed by atoms with Crippen LogP contribution < -0.4 is 16.0 Å². The van der Waals surface area contributed by atoms with Crippen LogP contribution in [0.5, 0.6) is 5.75 Å². The van der Waals surface area contributed by atoms with Gasteiger partial charge in [0.1, 0.15) is 17.9 Å². The van der Waals surface area contributed by atoms with Gasteiger partial charge in [-0.25, -0.2) is 9.78 Å². The molecule has 3 aromatic rings. The molecule has 0 radical (unpaired) electrons. The smallest absolute Gasteiger partial charge is 0.332 e. The minimum atomic E-state index is -0.792. The van der Waals surface area contributed by atoms with E-state index in [2.05, 4.69) is 10.1 Å². The van der Waals surface area contributed by atoms with Crippen LogP contribution >= 0.6 is 0 Å². The van der Waals surface area contributed by atoms with Crippen molar-refractivity contribution in [1.29, 1.82) is 0 Å². The van der Waals surface area contributed by atoms with Crippen molar-refractivity contribution in [2.75, 3.05) is 7.11 Å². The lowest BCUT2D eigenvalue weighted by atomic mass is 10.1. The molecule has 1 aromatic carbocycles. The Kier molecular flexibility index (Phi) is 4.65. The first-order valence-electron chi connectivity index (χ1n) is 9.11. The third kappa shape index (κ3) is 2.95. The molecule has 4 rings (SSSR count). The second-order valence-electron chi connectivity index (χ2n) is 6.82. The van der Waals surface area contributed by atoms with Gasteiger partial charge in [0.2, 0.25) is 18.0 Å². The summed E-state index contributed by atoms with van der Waals surface area (Å²) in [4.78, 5) is 40.9. The number of hydrogen-bond donors (Lipinski definition) is 0. The Hall–Kier alpha value is -3.89. The maximum atomic E-state index is 12.3. The highest BCUT2D eigenvalue weighted by Crippen LogP contribution is 2.34. The first-order chi connectivity index (χ1) is 14.3. The molecule has 1 aliphatic rings. The summed E-state index contributed by atoms with van der Waals surface area (Å²) in [5, 5.41) is 5.52. The van der Waals surface area contributed by atoms with Gasteiger partial charge in [-0.1, -0.05) is 12.1 Å². The Morgan fingerprint density at radius 2 is 1.93 bits per heavy atom. The van der Waals surface area contributed by atoms with E-state index in [1.165, 1.54) is 37.0 Å². The number of carbonyl (C=O) groups excluding carboxylic acids is 1. The van der Waals surface area contributed by atoms with Gasteiger partial charge >= 0.3 is 5.69 Å². The van der Waals surface area contributed by atoms with E-state index in [9.17, 15) is 14.4 Å². The van der Waals surface area contributed by atoms with E-state index in [1.54, 1.807) is 23.7 Å². The highest BCUT2D eigenvalue weighted by Gasteiger charge is 2.34. The molecule has 11 heteroatoms. The summed E-state index contributed by atoms with van der Waals surface area (Å²) in [7, 11) is 4.49. The number of carbonyl (C=O) groups is 1. The molecule has 0 aliphatic carbocycles. The topological polar surface area (TPSA) is 113 Å². The number of hydrazone groups is 1. The summed E-state index contributed by atoms with van der Waals surface area (Å²) < 4.78 is 15.3. The fourth-order valence-electron chi connectivity index (χ4n) is 3.45. The molecule has 30 heavy (non-hydrogen) atoms. The standard InChI is InChI=1S/C19H20N6O5/c1-11(26)25-18(12-7-5-6-8-13(12)29-4)30-14(21-25)9-24-10-20-15-16(24)22(2)19(28)23(3)17(15)27/h5-8,10,18H,9H2,1-4H3/t18-/m1/s1. The number of rotatable bonds is 4. The van der Waals surface area contributed by atoms with E-state index in [4.69, 9.17) is 9.47 Å². The second-order valence-corrected chi connectivity index (χ2v) is 6.82. The minimum absolute atomic E-state index is 0.0758. The van der Waals surface area contributed by atoms with Crippen LogP contribution in [0.25, 0.3) is 11.2 Å². The Morgan fingerprint density at radius 3 is 2.63 bits per heavy atom. The lowest BCUT2D eigenvalue weighted by Crippen LogP contribution is -2.37. The van der Waals surface area contributed by atoms with Gasteiger partial charge in [-0.2, -0.15) is 5.01 Å². The normalized spacial score (nSPS) is 15.9. The van der Waals surface area contributed by atoms with Crippen molar-refractivity contribution in [3.05, 3.63) is 57.0 Å². The van der Waals surface area contributed by atoms with Gasteiger partial charge in [0, 0.05) is 21.0 Å². The van der Waals surface area contributed by atoms with Gasteiger partial charge < -0.3 is 14.0 Å². The zero-order chi connectivity index (χ0) is 21.6. The number of ether oxygens (including phenoxy) is 2. The molecular formula is C19H20N6O5. The number of methoxy groups -OCH3 is 1. The van der Waals surface area contributed by atoms with E-state index >= 15 is 0 Å². The molecule has 0 N–H and O–H groups in total. The van der Waals surface area contributed by atoms with Crippen molar-refractivity contribution in [1.82, 2.24) is 23.7 Å². The molecule has 0 spiro atoms. The minimum Gasteiger partial charge on any atom is -0.496 e. The Balaban J connectivity index is 1.73. The number of fused-ring (bicyclic) bond motifs is 1. The summed E-state index contributed by atoms with van der Waals surface area (Å²) in [6, 6.07) is 7.18. The Bertz CT molecular complexity index is 1300. The zero-order valence-electron chi connectivity index (χ0n) is 16.9. The number of benzene rings is 1. The van der Waals surface area contributed by atoms with Crippen LogP contribution in [0.4, 0.5) is 0 Å². The number of aromatic nitrogens is 4. The quantitative estimate of drug-likeness (QED) is 0.610. The molecule has 0 fully saturated rings. The number of imidazole rings is 1. The second kappa shape index (κ2) is 7.17. The fourth-order valence-corrected chi connectivity index (χ4v) is 3.45. The number of hydrogen-bond acceptors (Lipinski definition) is 7. The molecule has 1 atom stereocenters. The Labute approximate surface area is 170 Å². The summed E-state index contributed by atoms with van der Waals surface area (Å²) >= 11 is 0. The van der Waals surface area contributed by atoms with Crippen molar-refractivity contribution >= 4 is 23.0 Å². The van der Waals surface area contributed by atoms with Crippen LogP contribution in [-0.2, 0) is 30.2 Å². The van der Waals surface area contributed by atoms with Crippen LogP contribution in [0.3, 0.4) is 0 Å². The van der Waals surface area contributed by atoms with E-state index in [1.807, 2.05) is 12.1 Å². The predicted molar refractivity (Wildman–Crippen MR) is 107 cm³/mol. The van der Waals surface area contributed by atoms with E-state index in [0.717, 1.165) is 4.57 Å².